The van der Waals surface area contributed by atoms with E-state index in [1.165, 1.54) is 29.2 Å². The zero-order valence-corrected chi connectivity index (χ0v) is 15.6. The molecule has 0 aromatic heterocycles. The van der Waals surface area contributed by atoms with Crippen molar-refractivity contribution in [1.29, 1.82) is 0 Å². The van der Waals surface area contributed by atoms with Crippen LogP contribution in [-0.2, 0) is 19.4 Å². The maximum atomic E-state index is 13.3. The molecule has 0 spiro atoms. The Kier molecular flexibility index (Phi) is 6.11. The van der Waals surface area contributed by atoms with E-state index in [1.54, 1.807) is 6.92 Å². The Balaban J connectivity index is 2.41. The van der Waals surface area contributed by atoms with Crippen LogP contribution in [-0.4, -0.2) is 48.1 Å². The third-order valence-corrected chi connectivity index (χ3v) is 7.46. The van der Waals surface area contributed by atoms with Crippen LogP contribution in [0.15, 0.2) is 29.2 Å². The van der Waals surface area contributed by atoms with E-state index in [1.807, 2.05) is 0 Å². The monoisotopic (exact) mass is 387 g/mol. The van der Waals surface area contributed by atoms with Gasteiger partial charge in [-0.1, -0.05) is 24.4 Å². The molecule has 1 aromatic rings. The molecule has 1 saturated carbocycles. The lowest BCUT2D eigenvalue weighted by molar-refractivity contribution is -0.139. The van der Waals surface area contributed by atoms with E-state index in [2.05, 4.69) is 0 Å². The normalized spacial score (nSPS) is 16.6. The number of nitrogens with zero attached hydrogens (tertiary/aromatic N) is 1. The van der Waals surface area contributed by atoms with Crippen LogP contribution in [0.5, 0.6) is 0 Å². The Morgan fingerprint density at radius 3 is 2.24 bits per heavy atom. The van der Waals surface area contributed by atoms with Crippen LogP contribution in [0.1, 0.15) is 39.0 Å². The molecule has 0 atom stereocenters. The van der Waals surface area contributed by atoms with Crippen LogP contribution in [0.25, 0.3) is 0 Å². The molecule has 1 amide bonds. The quantitative estimate of drug-likeness (QED) is 0.776. The Labute approximate surface area is 152 Å². The van der Waals surface area contributed by atoms with E-state index in [9.17, 15) is 18.0 Å². The first-order valence-corrected chi connectivity index (χ1v) is 10.1. The molecular weight excluding hydrogens is 366 g/mol. The van der Waals surface area contributed by atoms with Gasteiger partial charge >= 0.3 is 5.97 Å². The summed E-state index contributed by atoms with van der Waals surface area (Å²) in [6, 6.07) is 5.81. The first kappa shape index (κ1) is 19.7. The molecule has 1 aromatic carbocycles. The topological polar surface area (TPSA) is 91.8 Å². The number of aliphatic carboxylic acids is 1. The van der Waals surface area contributed by atoms with Crippen molar-refractivity contribution in [1.82, 2.24) is 4.90 Å². The van der Waals surface area contributed by atoms with E-state index in [0.717, 1.165) is 0 Å². The van der Waals surface area contributed by atoms with Gasteiger partial charge in [0.2, 0.25) is 5.91 Å². The Morgan fingerprint density at radius 2 is 1.76 bits per heavy atom. The number of halogens is 1. The largest absolute Gasteiger partial charge is 0.481 e. The van der Waals surface area contributed by atoms with Gasteiger partial charge in [0.15, 0.2) is 14.6 Å². The van der Waals surface area contributed by atoms with Gasteiger partial charge in [0.25, 0.3) is 0 Å². The van der Waals surface area contributed by atoms with Gasteiger partial charge in [0.05, 0.1) is 11.3 Å². The summed E-state index contributed by atoms with van der Waals surface area (Å²) in [5, 5.41) is 9.28. The van der Waals surface area contributed by atoms with Gasteiger partial charge in [-0.3, -0.25) is 9.59 Å². The fourth-order valence-corrected chi connectivity index (χ4v) is 5.56. The molecule has 0 saturated heterocycles. The molecule has 2 rings (SSSR count). The van der Waals surface area contributed by atoms with Gasteiger partial charge in [0.1, 0.15) is 0 Å². The second-order valence-corrected chi connectivity index (χ2v) is 8.88. The number of benzene rings is 1. The third-order valence-electron chi connectivity index (χ3n) is 4.70. The summed E-state index contributed by atoms with van der Waals surface area (Å²) < 4.78 is 25.0. The highest BCUT2D eigenvalue weighted by molar-refractivity contribution is 7.93. The lowest BCUT2D eigenvalue weighted by Crippen LogP contribution is -2.52. The Bertz CT molecular complexity index is 739. The molecule has 1 N–H and O–H groups in total. The predicted octanol–water partition coefficient (Wildman–Crippen LogP) is 2.75. The molecule has 1 aliphatic carbocycles. The SMILES string of the molecule is CCN(CCC(=O)O)C(=O)C1(S(=O)(=O)c2ccc(Cl)cc2)CCCC1. The summed E-state index contributed by atoms with van der Waals surface area (Å²) in [7, 11) is -3.91. The molecule has 0 bridgehead atoms. The molecule has 138 valence electrons. The number of carboxylic acids is 1. The lowest BCUT2D eigenvalue weighted by atomic mass is 10.1. The highest BCUT2D eigenvalue weighted by Crippen LogP contribution is 2.42. The number of carbonyl (C=O) groups is 2. The van der Waals surface area contributed by atoms with Gasteiger partial charge in [-0.05, 0) is 44.0 Å². The summed E-state index contributed by atoms with van der Waals surface area (Å²) in [6.45, 7) is 1.99. The molecule has 25 heavy (non-hydrogen) atoms. The number of carbonyl (C=O) groups excluding carboxylic acids is 1. The van der Waals surface area contributed by atoms with Crippen molar-refractivity contribution in [3.63, 3.8) is 0 Å². The van der Waals surface area contributed by atoms with Gasteiger partial charge in [0, 0.05) is 18.1 Å². The molecule has 8 heteroatoms. The molecule has 6 nitrogen and oxygen atoms in total. The predicted molar refractivity (Wildman–Crippen MR) is 94.3 cm³/mol. The van der Waals surface area contributed by atoms with E-state index < -0.39 is 26.5 Å². The van der Waals surface area contributed by atoms with E-state index in [0.29, 0.717) is 17.9 Å². The van der Waals surface area contributed by atoms with E-state index >= 15 is 0 Å². The minimum absolute atomic E-state index is 0.00253. The standard InChI is InChI=1S/C17H22ClNO5S/c1-2-19(12-9-15(20)21)16(22)17(10-3-4-11-17)25(23,24)14-7-5-13(18)6-8-14/h5-8H,2-4,9-12H2,1H3,(H,20,21). The summed E-state index contributed by atoms with van der Waals surface area (Å²) in [6.07, 6.45) is 1.58. The molecule has 1 fully saturated rings. The van der Waals surface area contributed by atoms with Gasteiger partial charge in [-0.2, -0.15) is 0 Å². The number of hydrogen-bond donors (Lipinski definition) is 1. The fourth-order valence-electron chi connectivity index (χ4n) is 3.31. The second kappa shape index (κ2) is 7.74. The summed E-state index contributed by atoms with van der Waals surface area (Å²) in [4.78, 5) is 25.4. The van der Waals surface area contributed by atoms with Crippen LogP contribution in [0.2, 0.25) is 5.02 Å². The Morgan fingerprint density at radius 1 is 1.20 bits per heavy atom. The van der Waals surface area contributed by atoms with Crippen molar-refractivity contribution in [2.24, 2.45) is 0 Å². The van der Waals surface area contributed by atoms with Gasteiger partial charge < -0.3 is 10.0 Å². The highest BCUT2D eigenvalue weighted by Gasteiger charge is 2.54. The lowest BCUT2D eigenvalue weighted by Gasteiger charge is -2.33. The van der Waals surface area contributed by atoms with Crippen LogP contribution in [0, 0.1) is 0 Å². The Hall–Kier alpha value is -1.60. The number of sulfone groups is 1. The second-order valence-electron chi connectivity index (χ2n) is 6.19. The summed E-state index contributed by atoms with van der Waals surface area (Å²) >= 11 is 5.84. The van der Waals surface area contributed by atoms with Crippen LogP contribution in [0.4, 0.5) is 0 Å². The van der Waals surface area contributed by atoms with Crippen molar-refractivity contribution in [2.45, 2.75) is 48.7 Å². The summed E-state index contributed by atoms with van der Waals surface area (Å²) in [5.74, 6) is -1.52. The van der Waals surface area contributed by atoms with Crippen molar-refractivity contribution in [3.05, 3.63) is 29.3 Å². The minimum atomic E-state index is -3.91. The average Bonchev–Trinajstić information content (AvgIpc) is 3.07. The maximum absolute atomic E-state index is 13.3. The van der Waals surface area contributed by atoms with Crippen LogP contribution < -0.4 is 0 Å². The van der Waals surface area contributed by atoms with Crippen LogP contribution >= 0.6 is 11.6 Å². The zero-order chi connectivity index (χ0) is 18.7. The summed E-state index contributed by atoms with van der Waals surface area (Å²) in [5.41, 5.74) is 0. The molecule has 0 heterocycles. The van der Waals surface area contributed by atoms with Crippen LogP contribution in [0.3, 0.4) is 0 Å². The number of amides is 1. The van der Waals surface area contributed by atoms with E-state index in [-0.39, 0.29) is 37.2 Å². The first-order valence-electron chi connectivity index (χ1n) is 8.26. The minimum Gasteiger partial charge on any atom is -0.481 e. The maximum Gasteiger partial charge on any atom is 0.305 e. The van der Waals surface area contributed by atoms with Gasteiger partial charge in [-0.25, -0.2) is 8.42 Å². The molecule has 0 aliphatic heterocycles. The number of carboxylic acid groups (broad SMARTS) is 1. The van der Waals surface area contributed by atoms with Gasteiger partial charge in [-0.15, -0.1) is 0 Å². The first-order chi connectivity index (χ1) is 11.7. The van der Waals surface area contributed by atoms with Crippen molar-refractivity contribution >= 4 is 33.3 Å². The smallest absolute Gasteiger partial charge is 0.305 e. The molecule has 0 radical (unpaired) electrons. The van der Waals surface area contributed by atoms with Crippen molar-refractivity contribution in [2.75, 3.05) is 13.1 Å². The van der Waals surface area contributed by atoms with Crippen molar-refractivity contribution < 1.29 is 23.1 Å². The van der Waals surface area contributed by atoms with Crippen molar-refractivity contribution in [3.8, 4) is 0 Å². The molecular formula is C17H22ClNO5S. The fraction of sp³-hybridized carbons (Fsp3) is 0.529. The molecule has 0 unspecified atom stereocenters. The highest BCUT2D eigenvalue weighted by atomic mass is 35.5. The number of rotatable bonds is 7. The average molecular weight is 388 g/mol. The third kappa shape index (κ3) is 3.82. The number of hydrogen-bond acceptors (Lipinski definition) is 4. The molecule has 1 aliphatic rings. The van der Waals surface area contributed by atoms with E-state index in [4.69, 9.17) is 16.7 Å². The zero-order valence-electron chi connectivity index (χ0n) is 14.1.